The lowest BCUT2D eigenvalue weighted by Crippen LogP contribution is -2.52. The summed E-state index contributed by atoms with van der Waals surface area (Å²) in [5.74, 6) is 1.50. The van der Waals surface area contributed by atoms with Crippen molar-refractivity contribution < 1.29 is 24.1 Å². The number of nitrogens with one attached hydrogen (secondary N) is 2. The number of aliphatic imine (C=N–C) groups is 1. The smallest absolute Gasteiger partial charge is 0.266 e. The van der Waals surface area contributed by atoms with Crippen LogP contribution >= 0.6 is 15.9 Å². The van der Waals surface area contributed by atoms with Gasteiger partial charge in [-0.3, -0.25) is 10.2 Å². The molecule has 0 aromatic heterocycles. The molecule has 1 heterocycles. The van der Waals surface area contributed by atoms with Crippen LogP contribution in [0.25, 0.3) is 0 Å². The molecule has 0 fully saturated rings. The van der Waals surface area contributed by atoms with Crippen molar-refractivity contribution in [2.45, 2.75) is 30.9 Å². The molecule has 3 aromatic carbocycles. The van der Waals surface area contributed by atoms with Crippen LogP contribution in [0.4, 0.5) is 0 Å². The number of hydrogen-bond acceptors (Lipinski definition) is 7. The number of aliphatic hydroxyl groups excluding tert-OH is 1. The molecule has 40 heavy (non-hydrogen) atoms. The zero-order chi connectivity index (χ0) is 28.4. The average molecular weight is 609 g/mol. The minimum absolute atomic E-state index is 0.0719. The van der Waals surface area contributed by atoms with E-state index in [1.165, 1.54) is 0 Å². The Morgan fingerprint density at radius 2 is 1.95 bits per heavy atom. The largest absolute Gasteiger partial charge is 0.497 e. The van der Waals surface area contributed by atoms with E-state index in [0.29, 0.717) is 37.6 Å². The van der Waals surface area contributed by atoms with E-state index in [2.05, 4.69) is 33.4 Å². The second-order valence-corrected chi connectivity index (χ2v) is 10.1. The van der Waals surface area contributed by atoms with Gasteiger partial charge in [-0.25, -0.2) is 10.4 Å². The first-order valence-corrected chi connectivity index (χ1v) is 13.9. The maximum Gasteiger partial charge on any atom is 0.266 e. The van der Waals surface area contributed by atoms with Crippen LogP contribution in [0.15, 0.2) is 94.9 Å². The van der Waals surface area contributed by atoms with E-state index in [1.807, 2.05) is 72.8 Å². The SMILES string of the molecule is C=CC[C@]1(C(=O)NNCCc2cccc(OC)c2)N=C(c2ccc(OCCCO)cc2)O[C@H]1c1ccccc1Br. The Bertz CT molecular complexity index is 1330. The summed E-state index contributed by atoms with van der Waals surface area (Å²) >= 11 is 3.63. The molecule has 1 aliphatic heterocycles. The Kier molecular flexibility index (Phi) is 10.3. The van der Waals surface area contributed by atoms with Gasteiger partial charge in [0.2, 0.25) is 5.90 Å². The lowest BCUT2D eigenvalue weighted by atomic mass is 9.84. The van der Waals surface area contributed by atoms with Crippen LogP contribution in [0.5, 0.6) is 11.5 Å². The van der Waals surface area contributed by atoms with Crippen LogP contribution in [0.1, 0.15) is 35.6 Å². The number of carbonyl (C=O) groups is 1. The van der Waals surface area contributed by atoms with Crippen molar-refractivity contribution in [3.8, 4) is 11.5 Å². The van der Waals surface area contributed by atoms with Gasteiger partial charge in [-0.15, -0.1) is 6.58 Å². The van der Waals surface area contributed by atoms with Gasteiger partial charge >= 0.3 is 0 Å². The summed E-state index contributed by atoms with van der Waals surface area (Å²) in [6.07, 6.45) is 2.49. The highest BCUT2D eigenvalue weighted by Gasteiger charge is 2.53. The number of ether oxygens (including phenoxy) is 3. The Morgan fingerprint density at radius 3 is 2.67 bits per heavy atom. The third-order valence-corrected chi connectivity index (χ3v) is 7.27. The molecule has 1 aliphatic rings. The Labute approximate surface area is 243 Å². The highest BCUT2D eigenvalue weighted by molar-refractivity contribution is 9.10. The summed E-state index contributed by atoms with van der Waals surface area (Å²) in [7, 11) is 1.64. The highest BCUT2D eigenvalue weighted by Crippen LogP contribution is 2.44. The Balaban J connectivity index is 1.56. The van der Waals surface area contributed by atoms with Crippen LogP contribution in [0.3, 0.4) is 0 Å². The standard InChI is InChI=1S/C31H34BrN3O5/c1-3-17-31(30(37)35-33-18-16-22-8-6-9-25(21-22)38-2)28(26-10-4-5-11-27(26)32)40-29(34-31)23-12-14-24(15-13-23)39-20-7-19-36/h3-6,8-15,21,28,33,36H,1,7,16-20H2,2H3,(H,35,37)/t28-,31-/m0/s1. The van der Waals surface area contributed by atoms with Crippen LogP contribution in [0.2, 0.25) is 0 Å². The maximum atomic E-state index is 13.9. The van der Waals surface area contributed by atoms with Gasteiger partial charge in [0.1, 0.15) is 11.5 Å². The molecule has 0 unspecified atom stereocenters. The third kappa shape index (κ3) is 6.91. The van der Waals surface area contributed by atoms with Crippen LogP contribution in [0, 0.1) is 0 Å². The number of hydrazine groups is 1. The molecule has 4 rings (SSSR count). The molecule has 210 valence electrons. The highest BCUT2D eigenvalue weighted by atomic mass is 79.9. The lowest BCUT2D eigenvalue weighted by molar-refractivity contribution is -0.129. The molecule has 0 saturated heterocycles. The van der Waals surface area contributed by atoms with Crippen LogP contribution in [-0.2, 0) is 16.0 Å². The first-order valence-electron chi connectivity index (χ1n) is 13.1. The molecule has 0 saturated carbocycles. The van der Waals surface area contributed by atoms with Gasteiger partial charge in [-0.2, -0.15) is 0 Å². The molecular weight excluding hydrogens is 574 g/mol. The van der Waals surface area contributed by atoms with E-state index in [0.717, 1.165) is 26.9 Å². The second kappa shape index (κ2) is 14.1. The molecule has 3 N–H and O–H groups in total. The minimum atomic E-state index is -1.29. The van der Waals surface area contributed by atoms with Crippen molar-refractivity contribution in [3.05, 3.63) is 107 Å². The average Bonchev–Trinajstić information content (AvgIpc) is 3.36. The molecular formula is C31H34BrN3O5. The van der Waals surface area contributed by atoms with Crippen LogP contribution in [-0.4, -0.2) is 49.3 Å². The molecule has 0 spiro atoms. The van der Waals surface area contributed by atoms with Crippen molar-refractivity contribution in [2.75, 3.05) is 26.9 Å². The van der Waals surface area contributed by atoms with Gasteiger partial charge in [0.25, 0.3) is 5.91 Å². The molecule has 3 aromatic rings. The first kappa shape index (κ1) is 29.3. The number of methoxy groups -OCH3 is 1. The summed E-state index contributed by atoms with van der Waals surface area (Å²) in [5, 5.41) is 8.98. The molecule has 8 nitrogen and oxygen atoms in total. The predicted molar refractivity (Wildman–Crippen MR) is 159 cm³/mol. The Morgan fingerprint density at radius 1 is 1.15 bits per heavy atom. The molecule has 0 aliphatic carbocycles. The second-order valence-electron chi connectivity index (χ2n) is 9.29. The summed E-state index contributed by atoms with van der Waals surface area (Å²) in [6, 6.07) is 22.8. The predicted octanol–water partition coefficient (Wildman–Crippen LogP) is 4.92. The monoisotopic (exact) mass is 607 g/mol. The summed E-state index contributed by atoms with van der Waals surface area (Å²) in [4.78, 5) is 18.8. The van der Waals surface area contributed by atoms with Gasteiger partial charge in [-0.1, -0.05) is 52.3 Å². The molecule has 0 bridgehead atoms. The van der Waals surface area contributed by atoms with E-state index < -0.39 is 11.6 Å². The zero-order valence-corrected chi connectivity index (χ0v) is 24.0. The topological polar surface area (TPSA) is 101 Å². The number of halogens is 1. The number of carbonyl (C=O) groups excluding carboxylic acids is 1. The maximum absolute atomic E-state index is 13.9. The van der Waals surface area contributed by atoms with E-state index in [-0.39, 0.29) is 18.9 Å². The van der Waals surface area contributed by atoms with Gasteiger partial charge in [0.05, 0.1) is 13.7 Å². The minimum Gasteiger partial charge on any atom is -0.497 e. The lowest BCUT2D eigenvalue weighted by Gasteiger charge is -2.30. The number of amides is 1. The third-order valence-electron chi connectivity index (χ3n) is 6.55. The van der Waals surface area contributed by atoms with E-state index in [9.17, 15) is 4.79 Å². The van der Waals surface area contributed by atoms with E-state index in [1.54, 1.807) is 13.2 Å². The van der Waals surface area contributed by atoms with Gasteiger partial charge < -0.3 is 19.3 Å². The number of nitrogens with zero attached hydrogens (tertiary/aromatic N) is 1. The fourth-order valence-corrected chi connectivity index (χ4v) is 4.98. The normalized spacial score (nSPS) is 18.0. The number of hydrogen-bond donors (Lipinski definition) is 3. The summed E-state index contributed by atoms with van der Waals surface area (Å²) < 4.78 is 18.2. The fraction of sp³-hybridized carbons (Fsp3) is 0.290. The fourth-order valence-electron chi connectivity index (χ4n) is 4.49. The Hall–Kier alpha value is -3.66. The molecule has 0 radical (unpaired) electrons. The van der Waals surface area contributed by atoms with Crippen molar-refractivity contribution in [1.29, 1.82) is 0 Å². The van der Waals surface area contributed by atoms with Crippen molar-refractivity contribution in [2.24, 2.45) is 4.99 Å². The van der Waals surface area contributed by atoms with Crippen LogP contribution < -0.4 is 20.3 Å². The van der Waals surface area contributed by atoms with E-state index >= 15 is 0 Å². The first-order chi connectivity index (χ1) is 19.5. The molecule has 2 atom stereocenters. The van der Waals surface area contributed by atoms with Gasteiger partial charge in [0.15, 0.2) is 11.6 Å². The number of rotatable bonds is 14. The zero-order valence-electron chi connectivity index (χ0n) is 22.4. The van der Waals surface area contributed by atoms with Gasteiger partial charge in [-0.05, 0) is 54.4 Å². The van der Waals surface area contributed by atoms with E-state index in [4.69, 9.17) is 24.3 Å². The number of aliphatic hydroxyl groups is 1. The number of benzene rings is 3. The molecule has 1 amide bonds. The van der Waals surface area contributed by atoms with Gasteiger partial charge in [0, 0.05) is 41.6 Å². The summed E-state index contributed by atoms with van der Waals surface area (Å²) in [5.41, 5.74) is 7.24. The van der Waals surface area contributed by atoms with Crippen molar-refractivity contribution in [3.63, 3.8) is 0 Å². The summed E-state index contributed by atoms with van der Waals surface area (Å²) in [6.45, 7) is 4.92. The van der Waals surface area contributed by atoms with Crippen molar-refractivity contribution in [1.82, 2.24) is 10.9 Å². The van der Waals surface area contributed by atoms with Crippen molar-refractivity contribution >= 4 is 27.7 Å². The quantitative estimate of drug-likeness (QED) is 0.137. The molecule has 9 heteroatoms.